The molecule has 1 rings (SSSR count). The van der Waals surface area contributed by atoms with Crippen LogP contribution < -0.4 is 0 Å². The molecule has 86 valence electrons. The fraction of sp³-hybridized carbons (Fsp3) is 0.727. The van der Waals surface area contributed by atoms with Crippen molar-refractivity contribution < 1.29 is 9.63 Å². The van der Waals surface area contributed by atoms with Gasteiger partial charge in [0.2, 0.25) is 0 Å². The molecule has 1 N–H and O–H groups in total. The molecule has 0 fully saturated rings. The highest BCUT2D eigenvalue weighted by Crippen LogP contribution is 2.12. The average Bonchev–Trinajstić information content (AvgIpc) is 2.72. The molecule has 0 bridgehead atoms. The molecule has 0 radical (unpaired) electrons. The van der Waals surface area contributed by atoms with Crippen molar-refractivity contribution >= 4 is 0 Å². The molecule has 1 heterocycles. The second-order valence-corrected chi connectivity index (χ2v) is 3.70. The van der Waals surface area contributed by atoms with E-state index < -0.39 is 0 Å². The fourth-order valence-corrected chi connectivity index (χ4v) is 1.86. The molecule has 0 aliphatic carbocycles. The maximum atomic E-state index is 9.02. The van der Waals surface area contributed by atoms with Gasteiger partial charge in [-0.05, 0) is 12.8 Å². The molecule has 0 saturated carbocycles. The zero-order chi connectivity index (χ0) is 11.1. The lowest BCUT2D eigenvalue weighted by Crippen LogP contribution is -2.36. The zero-order valence-corrected chi connectivity index (χ0v) is 9.52. The Kier molecular flexibility index (Phi) is 5.36. The normalized spacial score (nSPS) is 11.5. The van der Waals surface area contributed by atoms with Crippen LogP contribution in [-0.2, 0) is 6.54 Å². The first-order valence-corrected chi connectivity index (χ1v) is 5.54. The summed E-state index contributed by atoms with van der Waals surface area (Å²) in [5, 5.41) is 12.7. The van der Waals surface area contributed by atoms with Crippen molar-refractivity contribution in [2.24, 2.45) is 0 Å². The van der Waals surface area contributed by atoms with Crippen molar-refractivity contribution in [3.05, 3.63) is 18.0 Å². The van der Waals surface area contributed by atoms with Crippen molar-refractivity contribution in [3.8, 4) is 0 Å². The van der Waals surface area contributed by atoms with E-state index in [1.54, 1.807) is 12.5 Å². The fourth-order valence-electron chi connectivity index (χ4n) is 1.86. The van der Waals surface area contributed by atoms with Crippen LogP contribution in [-0.4, -0.2) is 34.4 Å². The maximum absolute atomic E-state index is 9.02. The molecule has 0 aliphatic rings. The lowest BCUT2D eigenvalue weighted by Gasteiger charge is -2.29. The molecule has 0 saturated heterocycles. The minimum absolute atomic E-state index is 0.196. The number of hydrogen-bond donors (Lipinski definition) is 1. The van der Waals surface area contributed by atoms with Crippen molar-refractivity contribution in [2.45, 2.75) is 39.3 Å². The van der Waals surface area contributed by atoms with Crippen LogP contribution in [0.3, 0.4) is 0 Å². The molecule has 0 aliphatic heterocycles. The van der Waals surface area contributed by atoms with Crippen LogP contribution in [0.25, 0.3) is 0 Å². The van der Waals surface area contributed by atoms with Gasteiger partial charge in [0.15, 0.2) is 0 Å². The van der Waals surface area contributed by atoms with E-state index in [9.17, 15) is 0 Å². The number of hydrogen-bond acceptors (Lipinski definition) is 4. The van der Waals surface area contributed by atoms with Crippen LogP contribution in [0.15, 0.2) is 17.0 Å². The highest BCUT2D eigenvalue weighted by Gasteiger charge is 2.15. The minimum Gasteiger partial charge on any atom is -0.395 e. The maximum Gasteiger partial charge on any atom is 0.128 e. The highest BCUT2D eigenvalue weighted by molar-refractivity contribution is 5.00. The van der Waals surface area contributed by atoms with Crippen LogP contribution in [0.2, 0.25) is 0 Å². The van der Waals surface area contributed by atoms with Gasteiger partial charge in [-0.3, -0.25) is 4.90 Å². The summed E-state index contributed by atoms with van der Waals surface area (Å²) in [6.07, 6.45) is 5.59. The summed E-state index contributed by atoms with van der Waals surface area (Å²) in [6, 6.07) is 0.520. The summed E-state index contributed by atoms with van der Waals surface area (Å²) >= 11 is 0. The number of nitrogens with zero attached hydrogens (tertiary/aromatic N) is 2. The van der Waals surface area contributed by atoms with Gasteiger partial charge in [-0.25, -0.2) is 0 Å². The van der Waals surface area contributed by atoms with Crippen molar-refractivity contribution in [1.82, 2.24) is 10.1 Å². The Hall–Kier alpha value is -0.870. The Balaban J connectivity index is 2.56. The second kappa shape index (κ2) is 6.58. The van der Waals surface area contributed by atoms with E-state index >= 15 is 0 Å². The van der Waals surface area contributed by atoms with Crippen LogP contribution in [0.1, 0.15) is 32.3 Å². The van der Waals surface area contributed by atoms with E-state index in [-0.39, 0.29) is 6.61 Å². The molecule has 4 heteroatoms. The van der Waals surface area contributed by atoms with Gasteiger partial charge < -0.3 is 9.63 Å². The molecule has 0 amide bonds. The molecular formula is C11H20N2O2. The second-order valence-electron chi connectivity index (χ2n) is 3.70. The van der Waals surface area contributed by atoms with Crippen LogP contribution in [0.5, 0.6) is 0 Å². The third-order valence-corrected chi connectivity index (χ3v) is 2.72. The molecule has 1 aromatic rings. The molecule has 15 heavy (non-hydrogen) atoms. The SMILES string of the molecule is CCC(CC)N(CCO)Cc1cnoc1. The summed E-state index contributed by atoms with van der Waals surface area (Å²) in [7, 11) is 0. The molecule has 0 spiro atoms. The minimum atomic E-state index is 0.196. The molecule has 1 aromatic heterocycles. The smallest absolute Gasteiger partial charge is 0.128 e. The standard InChI is InChI=1S/C11H20N2O2/c1-3-11(4-2)13(5-6-14)8-10-7-12-15-9-10/h7,9,11,14H,3-6,8H2,1-2H3. The van der Waals surface area contributed by atoms with E-state index in [1.165, 1.54) is 0 Å². The van der Waals surface area contributed by atoms with Crippen molar-refractivity contribution in [2.75, 3.05) is 13.2 Å². The third kappa shape index (κ3) is 3.64. The number of aromatic nitrogens is 1. The molecule has 0 aromatic carbocycles. The van der Waals surface area contributed by atoms with Crippen LogP contribution in [0.4, 0.5) is 0 Å². The Morgan fingerprint density at radius 3 is 2.67 bits per heavy atom. The molecule has 4 nitrogen and oxygen atoms in total. The molecule has 0 unspecified atom stereocenters. The monoisotopic (exact) mass is 212 g/mol. The lowest BCUT2D eigenvalue weighted by atomic mass is 10.1. The van der Waals surface area contributed by atoms with E-state index in [1.807, 2.05) is 0 Å². The highest BCUT2D eigenvalue weighted by atomic mass is 16.5. The van der Waals surface area contributed by atoms with Gasteiger partial charge >= 0.3 is 0 Å². The topological polar surface area (TPSA) is 49.5 Å². The van der Waals surface area contributed by atoms with Gasteiger partial charge in [0.1, 0.15) is 6.26 Å². The van der Waals surface area contributed by atoms with Crippen molar-refractivity contribution in [3.63, 3.8) is 0 Å². The third-order valence-electron chi connectivity index (χ3n) is 2.72. The quantitative estimate of drug-likeness (QED) is 0.746. The Bertz CT molecular complexity index is 245. The predicted octanol–water partition coefficient (Wildman–Crippen LogP) is 1.66. The number of rotatable bonds is 7. The van der Waals surface area contributed by atoms with E-state index in [4.69, 9.17) is 9.63 Å². The zero-order valence-electron chi connectivity index (χ0n) is 9.52. The summed E-state index contributed by atoms with van der Waals surface area (Å²) in [4.78, 5) is 2.27. The van der Waals surface area contributed by atoms with Gasteiger partial charge in [0.05, 0.1) is 12.8 Å². The van der Waals surface area contributed by atoms with Gasteiger partial charge in [0, 0.05) is 24.7 Å². The lowest BCUT2D eigenvalue weighted by molar-refractivity contribution is 0.136. The summed E-state index contributed by atoms with van der Waals surface area (Å²) in [5.41, 5.74) is 1.07. The van der Waals surface area contributed by atoms with Gasteiger partial charge in [-0.15, -0.1) is 0 Å². The van der Waals surface area contributed by atoms with Gasteiger partial charge in [-0.1, -0.05) is 19.0 Å². The Labute approximate surface area is 90.9 Å². The Morgan fingerprint density at radius 1 is 1.47 bits per heavy atom. The first-order chi connectivity index (χ1) is 7.31. The Morgan fingerprint density at radius 2 is 2.20 bits per heavy atom. The summed E-state index contributed by atoms with van der Waals surface area (Å²) in [6.45, 7) is 6.05. The van der Waals surface area contributed by atoms with Crippen LogP contribution >= 0.6 is 0 Å². The molecular weight excluding hydrogens is 192 g/mol. The van der Waals surface area contributed by atoms with Crippen LogP contribution in [0, 0.1) is 0 Å². The van der Waals surface area contributed by atoms with E-state index in [0.29, 0.717) is 12.6 Å². The predicted molar refractivity (Wildman–Crippen MR) is 58.4 cm³/mol. The first-order valence-electron chi connectivity index (χ1n) is 5.54. The van der Waals surface area contributed by atoms with Crippen molar-refractivity contribution in [1.29, 1.82) is 0 Å². The first kappa shape index (κ1) is 12.2. The van der Waals surface area contributed by atoms with Gasteiger partial charge in [-0.2, -0.15) is 0 Å². The summed E-state index contributed by atoms with van der Waals surface area (Å²) < 4.78 is 4.80. The van der Waals surface area contributed by atoms with E-state index in [0.717, 1.165) is 24.9 Å². The average molecular weight is 212 g/mol. The van der Waals surface area contributed by atoms with Gasteiger partial charge in [0.25, 0.3) is 0 Å². The summed E-state index contributed by atoms with van der Waals surface area (Å²) in [5.74, 6) is 0. The number of aliphatic hydroxyl groups is 1. The largest absolute Gasteiger partial charge is 0.395 e. The number of aliphatic hydroxyl groups excluding tert-OH is 1. The molecule has 0 atom stereocenters. The van der Waals surface area contributed by atoms with E-state index in [2.05, 4.69) is 23.9 Å².